The van der Waals surface area contributed by atoms with E-state index in [0.717, 1.165) is 18.4 Å². The molecule has 31 heavy (non-hydrogen) atoms. The number of halogens is 1. The highest BCUT2D eigenvalue weighted by Gasteiger charge is 2.68. The molecule has 0 unspecified atom stereocenters. The Labute approximate surface area is 180 Å². The van der Waals surface area contributed by atoms with E-state index in [0.29, 0.717) is 25.4 Å². The second-order valence-corrected chi connectivity index (χ2v) is 8.92. The first-order chi connectivity index (χ1) is 15.0. The molecule has 2 heterocycles. The number of carbonyl (C=O) groups is 2. The van der Waals surface area contributed by atoms with Crippen LogP contribution in [0.15, 0.2) is 54.6 Å². The average molecular weight is 423 g/mol. The van der Waals surface area contributed by atoms with E-state index in [4.69, 9.17) is 0 Å². The summed E-state index contributed by atoms with van der Waals surface area (Å²) in [5, 5.41) is 12.7. The van der Waals surface area contributed by atoms with Gasteiger partial charge in [0.25, 0.3) is 0 Å². The number of hydrogen-bond acceptors (Lipinski definition) is 3. The number of benzene rings is 2. The smallest absolute Gasteiger partial charge is 0.322 e. The third kappa shape index (κ3) is 3.37. The average Bonchev–Trinajstić information content (AvgIpc) is 3.53. The summed E-state index contributed by atoms with van der Waals surface area (Å²) in [5.74, 6) is -0.0269. The Balaban J connectivity index is 1.37. The minimum absolute atomic E-state index is 0.0423. The van der Waals surface area contributed by atoms with E-state index < -0.39 is 11.4 Å². The molecule has 1 spiro atoms. The summed E-state index contributed by atoms with van der Waals surface area (Å²) in [7, 11) is 0. The van der Waals surface area contributed by atoms with Crippen LogP contribution < -0.4 is 5.32 Å². The van der Waals surface area contributed by atoms with Gasteiger partial charge in [0.2, 0.25) is 5.91 Å². The molecular formula is C24H26FN3O3. The van der Waals surface area contributed by atoms with Crippen LogP contribution in [0.1, 0.15) is 30.7 Å². The number of aliphatic hydroxyl groups excluding tert-OH is 1. The molecule has 0 bridgehead atoms. The highest BCUT2D eigenvalue weighted by atomic mass is 19.1. The molecule has 1 aliphatic carbocycles. The van der Waals surface area contributed by atoms with Gasteiger partial charge in [0.1, 0.15) is 5.82 Å². The Morgan fingerprint density at radius 2 is 1.74 bits per heavy atom. The van der Waals surface area contributed by atoms with Gasteiger partial charge in [-0.2, -0.15) is 0 Å². The number of amides is 3. The molecule has 2 saturated heterocycles. The van der Waals surface area contributed by atoms with Crippen molar-refractivity contribution in [3.63, 3.8) is 0 Å². The number of likely N-dealkylation sites (tertiary alicyclic amines) is 2. The van der Waals surface area contributed by atoms with Crippen LogP contribution in [0.4, 0.5) is 14.9 Å². The molecule has 0 aromatic heterocycles. The van der Waals surface area contributed by atoms with Gasteiger partial charge in [-0.3, -0.25) is 4.79 Å². The summed E-state index contributed by atoms with van der Waals surface area (Å²) in [5.41, 5.74) is 0.676. The van der Waals surface area contributed by atoms with Crippen LogP contribution in [0.2, 0.25) is 0 Å². The fraction of sp³-hybridized carbons (Fsp3) is 0.417. The van der Waals surface area contributed by atoms with Gasteiger partial charge in [-0.25, -0.2) is 9.18 Å². The number of nitrogens with zero attached hydrogens (tertiary/aromatic N) is 2. The molecule has 7 heteroatoms. The minimum Gasteiger partial charge on any atom is -0.394 e. The van der Waals surface area contributed by atoms with Gasteiger partial charge in [0.15, 0.2) is 0 Å². The molecular weight excluding hydrogens is 397 g/mol. The molecule has 3 aliphatic rings. The van der Waals surface area contributed by atoms with Crippen molar-refractivity contribution >= 4 is 17.6 Å². The van der Waals surface area contributed by atoms with E-state index in [1.165, 1.54) is 12.1 Å². The number of urea groups is 1. The molecule has 2 N–H and O–H groups in total. The number of anilines is 1. The van der Waals surface area contributed by atoms with Crippen molar-refractivity contribution < 1.29 is 19.1 Å². The Hall–Kier alpha value is -2.93. The molecule has 2 atom stereocenters. The quantitative estimate of drug-likeness (QED) is 0.776. The summed E-state index contributed by atoms with van der Waals surface area (Å²) in [6.45, 7) is 0.610. The normalized spacial score (nSPS) is 23.8. The second-order valence-electron chi connectivity index (χ2n) is 8.92. The van der Waals surface area contributed by atoms with Crippen LogP contribution in [0.5, 0.6) is 0 Å². The number of hydrogen-bond donors (Lipinski definition) is 2. The first-order valence-electron chi connectivity index (χ1n) is 10.8. The third-order valence-electron chi connectivity index (χ3n) is 6.88. The molecule has 2 aromatic carbocycles. The minimum atomic E-state index is -0.521. The number of rotatable bonds is 5. The molecule has 0 radical (unpaired) electrons. The van der Waals surface area contributed by atoms with Crippen LogP contribution >= 0.6 is 0 Å². The fourth-order valence-corrected chi connectivity index (χ4v) is 5.25. The summed E-state index contributed by atoms with van der Waals surface area (Å²) < 4.78 is 13.9. The van der Waals surface area contributed by atoms with Crippen LogP contribution in [-0.2, 0) is 4.79 Å². The van der Waals surface area contributed by atoms with Crippen LogP contribution in [-0.4, -0.2) is 58.1 Å². The van der Waals surface area contributed by atoms with Gasteiger partial charge >= 0.3 is 6.03 Å². The number of aliphatic hydroxyl groups is 1. The summed E-state index contributed by atoms with van der Waals surface area (Å²) in [6, 6.07) is 15.3. The van der Waals surface area contributed by atoms with Gasteiger partial charge < -0.3 is 20.2 Å². The number of nitrogens with one attached hydrogen (secondary N) is 1. The topological polar surface area (TPSA) is 72.9 Å². The van der Waals surface area contributed by atoms with E-state index in [1.807, 2.05) is 35.2 Å². The van der Waals surface area contributed by atoms with Crippen LogP contribution in [0.25, 0.3) is 0 Å². The summed E-state index contributed by atoms with van der Waals surface area (Å²) >= 11 is 0. The predicted molar refractivity (Wildman–Crippen MR) is 114 cm³/mol. The maximum absolute atomic E-state index is 13.9. The monoisotopic (exact) mass is 423 g/mol. The molecule has 6 nitrogen and oxygen atoms in total. The van der Waals surface area contributed by atoms with Gasteiger partial charge in [0, 0.05) is 25.4 Å². The second kappa shape index (κ2) is 7.64. The van der Waals surface area contributed by atoms with Crippen molar-refractivity contribution in [1.82, 2.24) is 9.80 Å². The van der Waals surface area contributed by atoms with Gasteiger partial charge in [-0.1, -0.05) is 42.5 Å². The largest absolute Gasteiger partial charge is 0.394 e. The fourth-order valence-electron chi connectivity index (χ4n) is 5.25. The lowest BCUT2D eigenvalue weighted by Crippen LogP contribution is -2.86. The highest BCUT2D eigenvalue weighted by molar-refractivity contribution is 5.91. The van der Waals surface area contributed by atoms with E-state index in [1.54, 1.807) is 17.0 Å². The van der Waals surface area contributed by atoms with Crippen LogP contribution in [0.3, 0.4) is 0 Å². The van der Waals surface area contributed by atoms with Crippen molar-refractivity contribution in [3.05, 3.63) is 66.0 Å². The van der Waals surface area contributed by atoms with E-state index in [-0.39, 0.29) is 36.2 Å². The van der Waals surface area contributed by atoms with Gasteiger partial charge in [-0.05, 0) is 36.5 Å². The molecule has 2 aromatic rings. The maximum Gasteiger partial charge on any atom is 0.322 e. The van der Waals surface area contributed by atoms with Crippen molar-refractivity contribution in [2.24, 2.45) is 5.92 Å². The zero-order valence-electron chi connectivity index (χ0n) is 17.2. The van der Waals surface area contributed by atoms with E-state index in [9.17, 15) is 19.1 Å². The van der Waals surface area contributed by atoms with Crippen molar-refractivity contribution in [2.45, 2.75) is 36.8 Å². The third-order valence-corrected chi connectivity index (χ3v) is 6.88. The Morgan fingerprint density at radius 3 is 2.39 bits per heavy atom. The highest BCUT2D eigenvalue weighted by Crippen LogP contribution is 2.54. The number of para-hydroxylation sites is 1. The molecule has 162 valence electrons. The zero-order chi connectivity index (χ0) is 21.6. The van der Waals surface area contributed by atoms with Crippen LogP contribution in [0, 0.1) is 11.7 Å². The standard InChI is InChI=1S/C24H26FN3O3/c25-18-8-4-5-9-19(18)26-23(31)27-14-24(15-27)22(17-6-2-1-3-7-17)20(13-29)28(24)21(30)12-16-10-11-16/h1-9,16,20,22,29H,10-15H2,(H,26,31)/t20-,22+/m1/s1. The summed E-state index contributed by atoms with van der Waals surface area (Å²) in [4.78, 5) is 29.3. The first kappa shape index (κ1) is 20.0. The Morgan fingerprint density at radius 1 is 1.06 bits per heavy atom. The lowest BCUT2D eigenvalue weighted by molar-refractivity contribution is -0.193. The summed E-state index contributed by atoms with van der Waals surface area (Å²) in [6.07, 6.45) is 2.66. The van der Waals surface area contributed by atoms with Crippen molar-refractivity contribution in [3.8, 4) is 0 Å². The first-order valence-corrected chi connectivity index (χ1v) is 10.8. The Bertz CT molecular complexity index is 989. The lowest BCUT2D eigenvalue weighted by Gasteiger charge is -2.70. The van der Waals surface area contributed by atoms with Crippen molar-refractivity contribution in [2.75, 3.05) is 25.0 Å². The number of carbonyl (C=O) groups excluding carboxylic acids is 2. The molecule has 2 aliphatic heterocycles. The molecule has 3 fully saturated rings. The zero-order valence-corrected chi connectivity index (χ0v) is 17.2. The molecule has 1 saturated carbocycles. The molecule has 5 rings (SSSR count). The maximum atomic E-state index is 13.9. The van der Waals surface area contributed by atoms with Crippen molar-refractivity contribution in [1.29, 1.82) is 0 Å². The van der Waals surface area contributed by atoms with Gasteiger partial charge in [0.05, 0.1) is 23.9 Å². The Kier molecular flexibility index (Phi) is 4.93. The van der Waals surface area contributed by atoms with Gasteiger partial charge in [-0.15, -0.1) is 0 Å². The lowest BCUT2D eigenvalue weighted by atomic mass is 9.60. The predicted octanol–water partition coefficient (Wildman–Crippen LogP) is 3.20. The van der Waals surface area contributed by atoms with E-state index >= 15 is 0 Å². The SMILES string of the molecule is O=C(Nc1ccccc1F)N1CC2(C1)[C@@H](c1ccccc1)[C@@H](CO)N2C(=O)CC1CC1. The molecule has 3 amide bonds. The van der Waals surface area contributed by atoms with E-state index in [2.05, 4.69) is 5.32 Å².